The van der Waals surface area contributed by atoms with Gasteiger partial charge in [0, 0.05) is 39.5 Å². The number of rotatable bonds is 6. The monoisotopic (exact) mass is 527 g/mol. The number of carbonyl (C=O) groups is 3. The van der Waals surface area contributed by atoms with E-state index in [1.807, 2.05) is 4.90 Å². The average molecular weight is 528 g/mol. The molecular formula is C26H27F2N5O5. The summed E-state index contributed by atoms with van der Waals surface area (Å²) in [6.07, 6.45) is -1.56. The topological polar surface area (TPSA) is 104 Å². The number of cyclic esters (lactones) is 1. The number of amides is 3. The zero-order chi connectivity index (χ0) is 26.8. The van der Waals surface area contributed by atoms with Crippen LogP contribution >= 0.6 is 0 Å². The normalized spacial score (nSPS) is 21.2. The van der Waals surface area contributed by atoms with Crippen LogP contribution in [0.3, 0.4) is 0 Å². The molecule has 38 heavy (non-hydrogen) atoms. The Hall–Kier alpha value is -4.22. The summed E-state index contributed by atoms with van der Waals surface area (Å²) in [6.45, 7) is 3.38. The summed E-state index contributed by atoms with van der Waals surface area (Å²) in [6, 6.07) is 10.4. The van der Waals surface area contributed by atoms with Crippen LogP contribution in [0, 0.1) is 11.6 Å². The molecule has 0 aliphatic carbocycles. The SMILES string of the molecule is CC(=O)NC[C@H]1CN(c2ccc(N3CCN(C(=O)C4CC(c5ccc(F)cc5)=NO4)CC3)c(F)c2)C(=O)O1. The molecule has 2 atom stereocenters. The van der Waals surface area contributed by atoms with Gasteiger partial charge in [-0.3, -0.25) is 14.5 Å². The second-order valence-electron chi connectivity index (χ2n) is 9.34. The van der Waals surface area contributed by atoms with Gasteiger partial charge < -0.3 is 24.7 Å². The maximum Gasteiger partial charge on any atom is 0.414 e. The lowest BCUT2D eigenvalue weighted by atomic mass is 10.0. The van der Waals surface area contributed by atoms with Crippen molar-refractivity contribution in [2.24, 2.45) is 5.16 Å². The van der Waals surface area contributed by atoms with Crippen LogP contribution in [0.5, 0.6) is 0 Å². The molecule has 3 heterocycles. The van der Waals surface area contributed by atoms with Gasteiger partial charge in [-0.1, -0.05) is 17.3 Å². The Morgan fingerprint density at radius 2 is 1.82 bits per heavy atom. The third-order valence-corrected chi connectivity index (χ3v) is 6.75. The fraction of sp³-hybridized carbons (Fsp3) is 0.385. The van der Waals surface area contributed by atoms with Crippen molar-refractivity contribution in [2.45, 2.75) is 25.6 Å². The van der Waals surface area contributed by atoms with Crippen LogP contribution in [0.1, 0.15) is 18.9 Å². The fourth-order valence-electron chi connectivity index (χ4n) is 4.71. The van der Waals surface area contributed by atoms with Crippen molar-refractivity contribution >= 4 is 35.0 Å². The van der Waals surface area contributed by atoms with Gasteiger partial charge in [-0.05, 0) is 35.9 Å². The van der Waals surface area contributed by atoms with E-state index in [2.05, 4.69) is 10.5 Å². The molecule has 3 aliphatic heterocycles. The number of carbonyl (C=O) groups excluding carboxylic acids is 3. The summed E-state index contributed by atoms with van der Waals surface area (Å²) in [5.41, 5.74) is 2.04. The maximum atomic E-state index is 15.1. The van der Waals surface area contributed by atoms with Gasteiger partial charge in [0.1, 0.15) is 17.7 Å². The van der Waals surface area contributed by atoms with E-state index in [0.29, 0.717) is 55.2 Å². The van der Waals surface area contributed by atoms with Gasteiger partial charge in [0.05, 0.1) is 30.2 Å². The largest absolute Gasteiger partial charge is 0.442 e. The molecule has 1 N–H and O–H groups in total. The highest BCUT2D eigenvalue weighted by Gasteiger charge is 2.35. The van der Waals surface area contributed by atoms with E-state index in [4.69, 9.17) is 9.57 Å². The molecule has 2 fully saturated rings. The zero-order valence-corrected chi connectivity index (χ0v) is 20.7. The number of benzene rings is 2. The first kappa shape index (κ1) is 25.4. The maximum absolute atomic E-state index is 15.1. The summed E-state index contributed by atoms with van der Waals surface area (Å²) >= 11 is 0. The molecule has 12 heteroatoms. The van der Waals surface area contributed by atoms with Gasteiger partial charge in [-0.25, -0.2) is 13.6 Å². The number of piperazine rings is 1. The first-order chi connectivity index (χ1) is 18.3. The molecule has 2 aromatic carbocycles. The minimum Gasteiger partial charge on any atom is -0.442 e. The number of hydrogen-bond donors (Lipinski definition) is 1. The van der Waals surface area contributed by atoms with Crippen molar-refractivity contribution in [3.8, 4) is 0 Å². The molecule has 0 spiro atoms. The molecule has 2 aromatic rings. The van der Waals surface area contributed by atoms with E-state index < -0.39 is 24.1 Å². The van der Waals surface area contributed by atoms with Crippen molar-refractivity contribution < 1.29 is 32.7 Å². The number of hydrogen-bond acceptors (Lipinski definition) is 7. The van der Waals surface area contributed by atoms with E-state index in [-0.39, 0.29) is 30.7 Å². The van der Waals surface area contributed by atoms with Crippen LogP contribution in [-0.4, -0.2) is 80.0 Å². The third-order valence-electron chi connectivity index (χ3n) is 6.75. The molecule has 3 aliphatic rings. The van der Waals surface area contributed by atoms with Crippen molar-refractivity contribution in [1.29, 1.82) is 0 Å². The number of halogens is 2. The molecule has 0 radical (unpaired) electrons. The van der Waals surface area contributed by atoms with E-state index in [0.717, 1.165) is 0 Å². The van der Waals surface area contributed by atoms with Crippen LogP contribution in [0.4, 0.5) is 25.0 Å². The molecule has 0 aromatic heterocycles. The Bertz CT molecular complexity index is 1260. The van der Waals surface area contributed by atoms with Gasteiger partial charge in [-0.2, -0.15) is 0 Å². The summed E-state index contributed by atoms with van der Waals surface area (Å²) in [5.74, 6) is -1.26. The van der Waals surface area contributed by atoms with Crippen LogP contribution in [0.15, 0.2) is 47.6 Å². The minimum absolute atomic E-state index is 0.187. The van der Waals surface area contributed by atoms with Gasteiger partial charge in [0.15, 0.2) is 0 Å². The molecule has 0 bridgehead atoms. The first-order valence-corrected chi connectivity index (χ1v) is 12.3. The lowest BCUT2D eigenvalue weighted by molar-refractivity contribution is -0.142. The molecule has 0 saturated carbocycles. The number of nitrogens with zero attached hydrogens (tertiary/aromatic N) is 4. The van der Waals surface area contributed by atoms with E-state index in [1.165, 1.54) is 30.0 Å². The number of anilines is 2. The summed E-state index contributed by atoms with van der Waals surface area (Å²) in [5, 5.41) is 6.61. The van der Waals surface area contributed by atoms with Crippen LogP contribution in [-0.2, 0) is 19.2 Å². The number of oxime groups is 1. The summed E-state index contributed by atoms with van der Waals surface area (Å²) in [4.78, 5) is 46.5. The summed E-state index contributed by atoms with van der Waals surface area (Å²) in [7, 11) is 0. The molecule has 1 unspecified atom stereocenters. The molecular weight excluding hydrogens is 500 g/mol. The van der Waals surface area contributed by atoms with Gasteiger partial charge in [-0.15, -0.1) is 0 Å². The van der Waals surface area contributed by atoms with Crippen molar-refractivity contribution in [2.75, 3.05) is 49.1 Å². The van der Waals surface area contributed by atoms with Crippen LogP contribution in [0.2, 0.25) is 0 Å². The minimum atomic E-state index is -0.743. The predicted molar refractivity (Wildman–Crippen MR) is 134 cm³/mol. The lowest BCUT2D eigenvalue weighted by Gasteiger charge is -2.37. The molecule has 200 valence electrons. The highest BCUT2D eigenvalue weighted by atomic mass is 19.1. The van der Waals surface area contributed by atoms with Crippen molar-refractivity contribution in [1.82, 2.24) is 10.2 Å². The Labute approximate surface area is 217 Å². The quantitative estimate of drug-likeness (QED) is 0.618. The van der Waals surface area contributed by atoms with Crippen LogP contribution < -0.4 is 15.1 Å². The molecule has 10 nitrogen and oxygen atoms in total. The number of nitrogens with one attached hydrogen (secondary N) is 1. The standard InChI is InChI=1S/C26H27F2N5O5/c1-16(34)29-14-20-15-33(26(36)37-20)19-6-7-23(21(28)12-19)31-8-10-32(11-9-31)25(35)24-13-22(30-38-24)17-2-4-18(27)5-3-17/h2-7,12,20,24H,8-11,13-15H2,1H3,(H,29,34)/t20-,24?/m0/s1. The van der Waals surface area contributed by atoms with E-state index in [1.54, 1.807) is 29.2 Å². The Morgan fingerprint density at radius 3 is 2.50 bits per heavy atom. The molecule has 5 rings (SSSR count). The molecule has 2 saturated heterocycles. The number of ether oxygens (including phenoxy) is 1. The second-order valence-corrected chi connectivity index (χ2v) is 9.34. The Morgan fingerprint density at radius 1 is 1.08 bits per heavy atom. The Kier molecular flexibility index (Phi) is 7.12. The van der Waals surface area contributed by atoms with Crippen molar-refractivity contribution in [3.63, 3.8) is 0 Å². The van der Waals surface area contributed by atoms with Gasteiger partial charge >= 0.3 is 6.09 Å². The first-order valence-electron chi connectivity index (χ1n) is 12.3. The third kappa shape index (κ3) is 5.38. The molecule has 3 amide bonds. The highest BCUT2D eigenvalue weighted by molar-refractivity contribution is 6.04. The van der Waals surface area contributed by atoms with Gasteiger partial charge in [0.25, 0.3) is 5.91 Å². The lowest BCUT2D eigenvalue weighted by Crippen LogP contribution is -2.51. The fourth-order valence-corrected chi connectivity index (χ4v) is 4.71. The second kappa shape index (κ2) is 10.6. The summed E-state index contributed by atoms with van der Waals surface area (Å²) < 4.78 is 33.5. The smallest absolute Gasteiger partial charge is 0.414 e. The van der Waals surface area contributed by atoms with E-state index in [9.17, 15) is 18.8 Å². The predicted octanol–water partition coefficient (Wildman–Crippen LogP) is 2.27. The van der Waals surface area contributed by atoms with Crippen LogP contribution in [0.25, 0.3) is 0 Å². The van der Waals surface area contributed by atoms with Crippen molar-refractivity contribution in [3.05, 3.63) is 59.7 Å². The van der Waals surface area contributed by atoms with Gasteiger partial charge in [0.2, 0.25) is 12.0 Å². The highest BCUT2D eigenvalue weighted by Crippen LogP contribution is 2.29. The average Bonchev–Trinajstić information content (AvgIpc) is 3.55. The zero-order valence-electron chi connectivity index (χ0n) is 20.7. The van der Waals surface area contributed by atoms with E-state index >= 15 is 4.39 Å². The Balaban J connectivity index is 1.14.